The van der Waals surface area contributed by atoms with E-state index in [9.17, 15) is 13.6 Å². The van der Waals surface area contributed by atoms with Gasteiger partial charge in [-0.25, -0.2) is 4.98 Å². The number of carbonyl (C=O) groups excluding carboxylic acids is 1. The molecule has 1 amide bonds. The molecular weight excluding hydrogens is 352 g/mol. The second-order valence-corrected chi connectivity index (χ2v) is 6.32. The Morgan fingerprint density at radius 1 is 1.28 bits per heavy atom. The zero-order chi connectivity index (χ0) is 18.0. The topological polar surface area (TPSA) is 77.2 Å². The Morgan fingerprint density at radius 2 is 2.00 bits per heavy atom. The minimum absolute atomic E-state index is 0.0702. The molecule has 25 heavy (non-hydrogen) atoms. The van der Waals surface area contributed by atoms with Crippen LogP contribution in [-0.2, 0) is 0 Å². The highest BCUT2D eigenvalue weighted by atomic mass is 32.1. The van der Waals surface area contributed by atoms with E-state index in [0.29, 0.717) is 16.5 Å². The molecule has 2 aromatic heterocycles. The second-order valence-electron chi connectivity index (χ2n) is 5.11. The summed E-state index contributed by atoms with van der Waals surface area (Å²) in [6.07, 6.45) is 0. The standard InChI is InChI=1S/C16H13F2N3O3S/c1-8-7-12(24-21-8)14(22)20-16-19-13(9(2)25-16)10-3-5-11(6-4-10)23-15(17)18/h3-7,15H,1-2H3,(H,19,20,22). The molecule has 1 aromatic carbocycles. The van der Waals surface area contributed by atoms with Crippen LogP contribution in [0.15, 0.2) is 34.9 Å². The van der Waals surface area contributed by atoms with Gasteiger partial charge in [0.25, 0.3) is 5.91 Å². The van der Waals surface area contributed by atoms with E-state index in [1.807, 2.05) is 6.92 Å². The molecule has 3 rings (SSSR count). The van der Waals surface area contributed by atoms with Gasteiger partial charge in [-0.3, -0.25) is 10.1 Å². The summed E-state index contributed by atoms with van der Waals surface area (Å²) in [5, 5.41) is 6.71. The monoisotopic (exact) mass is 365 g/mol. The number of anilines is 1. The van der Waals surface area contributed by atoms with Crippen LogP contribution in [0.2, 0.25) is 0 Å². The van der Waals surface area contributed by atoms with Crippen LogP contribution in [0.1, 0.15) is 21.1 Å². The number of nitrogens with zero attached hydrogens (tertiary/aromatic N) is 2. The van der Waals surface area contributed by atoms with Crippen molar-refractivity contribution in [3.8, 4) is 17.0 Å². The first kappa shape index (κ1) is 17.0. The number of ether oxygens (including phenoxy) is 1. The summed E-state index contributed by atoms with van der Waals surface area (Å²) >= 11 is 1.30. The molecule has 3 aromatic rings. The van der Waals surface area contributed by atoms with Gasteiger partial charge < -0.3 is 9.26 Å². The lowest BCUT2D eigenvalue weighted by molar-refractivity contribution is -0.0498. The molecule has 0 spiro atoms. The SMILES string of the molecule is Cc1cc(C(=O)Nc2nc(-c3ccc(OC(F)F)cc3)c(C)s2)on1. The average Bonchev–Trinajstić information content (AvgIpc) is 3.13. The number of amides is 1. The van der Waals surface area contributed by atoms with E-state index in [1.165, 1.54) is 29.5 Å². The number of aromatic nitrogens is 2. The minimum atomic E-state index is -2.87. The molecule has 0 saturated heterocycles. The van der Waals surface area contributed by atoms with Crippen molar-refractivity contribution >= 4 is 22.4 Å². The maximum absolute atomic E-state index is 12.2. The van der Waals surface area contributed by atoms with Crippen molar-refractivity contribution in [3.63, 3.8) is 0 Å². The fourth-order valence-electron chi connectivity index (χ4n) is 2.14. The van der Waals surface area contributed by atoms with Gasteiger partial charge in [-0.2, -0.15) is 8.78 Å². The van der Waals surface area contributed by atoms with E-state index in [4.69, 9.17) is 4.52 Å². The summed E-state index contributed by atoms with van der Waals surface area (Å²) in [5.41, 5.74) is 1.98. The highest BCUT2D eigenvalue weighted by Gasteiger charge is 2.16. The van der Waals surface area contributed by atoms with Gasteiger partial charge in [0, 0.05) is 16.5 Å². The van der Waals surface area contributed by atoms with Crippen molar-refractivity contribution in [3.05, 3.63) is 46.7 Å². The number of thiazole rings is 1. The summed E-state index contributed by atoms with van der Waals surface area (Å²) in [6, 6.07) is 7.67. The number of hydrogen-bond donors (Lipinski definition) is 1. The van der Waals surface area contributed by atoms with Gasteiger partial charge in [-0.15, -0.1) is 11.3 Å². The van der Waals surface area contributed by atoms with Crippen LogP contribution in [0.25, 0.3) is 11.3 Å². The lowest BCUT2D eigenvalue weighted by Crippen LogP contribution is -2.10. The Kier molecular flexibility index (Phi) is 4.75. The number of benzene rings is 1. The van der Waals surface area contributed by atoms with E-state index < -0.39 is 12.5 Å². The number of rotatable bonds is 5. The lowest BCUT2D eigenvalue weighted by atomic mass is 10.1. The Balaban J connectivity index is 1.77. The first-order valence-electron chi connectivity index (χ1n) is 7.19. The summed E-state index contributed by atoms with van der Waals surface area (Å²) in [4.78, 5) is 17.3. The van der Waals surface area contributed by atoms with Gasteiger partial charge in [0.1, 0.15) is 5.75 Å². The van der Waals surface area contributed by atoms with Crippen molar-refractivity contribution in [2.75, 3.05) is 5.32 Å². The van der Waals surface area contributed by atoms with Gasteiger partial charge >= 0.3 is 6.61 Å². The van der Waals surface area contributed by atoms with Crippen LogP contribution < -0.4 is 10.1 Å². The molecule has 0 aliphatic heterocycles. The number of hydrogen-bond acceptors (Lipinski definition) is 6. The van der Waals surface area contributed by atoms with Gasteiger partial charge in [0.05, 0.1) is 11.4 Å². The fraction of sp³-hybridized carbons (Fsp3) is 0.188. The third kappa shape index (κ3) is 4.00. The van der Waals surface area contributed by atoms with E-state index in [-0.39, 0.29) is 11.5 Å². The predicted molar refractivity (Wildman–Crippen MR) is 88.1 cm³/mol. The fourth-order valence-corrected chi connectivity index (χ4v) is 2.97. The molecular formula is C16H13F2N3O3S. The highest BCUT2D eigenvalue weighted by Crippen LogP contribution is 2.31. The number of alkyl halides is 2. The molecule has 0 atom stereocenters. The lowest BCUT2D eigenvalue weighted by Gasteiger charge is -2.05. The normalized spacial score (nSPS) is 10.9. The summed E-state index contributed by atoms with van der Waals surface area (Å²) < 4.78 is 33.6. The number of carbonyl (C=O) groups is 1. The zero-order valence-electron chi connectivity index (χ0n) is 13.2. The van der Waals surface area contributed by atoms with Gasteiger partial charge in [-0.05, 0) is 38.1 Å². The summed E-state index contributed by atoms with van der Waals surface area (Å²) in [5.74, 6) is -0.275. The molecule has 130 valence electrons. The average molecular weight is 365 g/mol. The minimum Gasteiger partial charge on any atom is -0.435 e. The molecule has 0 aliphatic rings. The molecule has 1 N–H and O–H groups in total. The van der Waals surface area contributed by atoms with Crippen LogP contribution >= 0.6 is 11.3 Å². The van der Waals surface area contributed by atoms with Gasteiger partial charge in [-0.1, -0.05) is 5.16 Å². The highest BCUT2D eigenvalue weighted by molar-refractivity contribution is 7.16. The van der Waals surface area contributed by atoms with Crippen LogP contribution in [0.3, 0.4) is 0 Å². The quantitative estimate of drug-likeness (QED) is 0.731. The molecule has 2 heterocycles. The van der Waals surface area contributed by atoms with Crippen LogP contribution in [-0.4, -0.2) is 22.7 Å². The van der Waals surface area contributed by atoms with Crippen LogP contribution in [0.4, 0.5) is 13.9 Å². The Bertz CT molecular complexity index is 890. The van der Waals surface area contributed by atoms with E-state index >= 15 is 0 Å². The Hall–Kier alpha value is -2.81. The Morgan fingerprint density at radius 3 is 2.60 bits per heavy atom. The molecule has 0 unspecified atom stereocenters. The first-order valence-corrected chi connectivity index (χ1v) is 8.01. The third-order valence-corrected chi connectivity index (χ3v) is 4.11. The zero-order valence-corrected chi connectivity index (χ0v) is 14.1. The molecule has 0 bridgehead atoms. The van der Waals surface area contributed by atoms with E-state index in [0.717, 1.165) is 10.4 Å². The van der Waals surface area contributed by atoms with E-state index in [2.05, 4.69) is 20.2 Å². The molecule has 9 heteroatoms. The molecule has 0 fully saturated rings. The van der Waals surface area contributed by atoms with Crippen molar-refractivity contribution in [1.82, 2.24) is 10.1 Å². The van der Waals surface area contributed by atoms with Gasteiger partial charge in [0.2, 0.25) is 5.76 Å². The predicted octanol–water partition coefficient (Wildman–Crippen LogP) is 4.27. The molecule has 0 saturated carbocycles. The second kappa shape index (κ2) is 6.98. The molecule has 6 nitrogen and oxygen atoms in total. The molecule has 0 aliphatic carbocycles. The maximum Gasteiger partial charge on any atom is 0.387 e. The van der Waals surface area contributed by atoms with Crippen molar-refractivity contribution in [2.24, 2.45) is 0 Å². The van der Waals surface area contributed by atoms with Crippen LogP contribution in [0.5, 0.6) is 5.75 Å². The van der Waals surface area contributed by atoms with Gasteiger partial charge in [0.15, 0.2) is 5.13 Å². The smallest absolute Gasteiger partial charge is 0.387 e. The first-order chi connectivity index (χ1) is 11.9. The maximum atomic E-state index is 12.2. The summed E-state index contributed by atoms with van der Waals surface area (Å²) in [7, 11) is 0. The summed E-state index contributed by atoms with van der Waals surface area (Å²) in [6.45, 7) is 0.700. The number of aryl methyl sites for hydroxylation is 2. The third-order valence-electron chi connectivity index (χ3n) is 3.22. The van der Waals surface area contributed by atoms with Crippen molar-refractivity contribution in [2.45, 2.75) is 20.5 Å². The number of halogens is 2. The largest absolute Gasteiger partial charge is 0.435 e. The van der Waals surface area contributed by atoms with Crippen molar-refractivity contribution in [1.29, 1.82) is 0 Å². The Labute approximate surface area is 145 Å². The van der Waals surface area contributed by atoms with Crippen LogP contribution in [0, 0.1) is 13.8 Å². The van der Waals surface area contributed by atoms with Crippen molar-refractivity contribution < 1.29 is 22.8 Å². The molecule has 0 radical (unpaired) electrons. The van der Waals surface area contributed by atoms with E-state index in [1.54, 1.807) is 19.1 Å². The number of nitrogens with one attached hydrogen (secondary N) is 1.